The molecule has 0 aliphatic rings. The first-order valence-electron chi connectivity index (χ1n) is 5.56. The van der Waals surface area contributed by atoms with E-state index in [1.165, 1.54) is 0 Å². The second kappa shape index (κ2) is 5.24. The van der Waals surface area contributed by atoms with E-state index in [1.54, 1.807) is 29.1 Å². The standard InChI is InChI=1S/C13H12BrClN2O/c1-3-17-12(11(14)7-16-17)13(18)10-5-4-9(15)6-8(10)2/h4-7H,3H2,1-2H3. The van der Waals surface area contributed by atoms with Crippen molar-refractivity contribution >= 4 is 33.3 Å². The van der Waals surface area contributed by atoms with Gasteiger partial charge < -0.3 is 0 Å². The molecule has 94 valence electrons. The van der Waals surface area contributed by atoms with Gasteiger partial charge in [-0.2, -0.15) is 5.10 Å². The van der Waals surface area contributed by atoms with Crippen molar-refractivity contribution in [2.24, 2.45) is 0 Å². The molecular weight excluding hydrogens is 316 g/mol. The van der Waals surface area contributed by atoms with Gasteiger partial charge >= 0.3 is 0 Å². The molecule has 0 spiro atoms. The summed E-state index contributed by atoms with van der Waals surface area (Å²) in [5.74, 6) is -0.0459. The van der Waals surface area contributed by atoms with E-state index in [4.69, 9.17) is 11.6 Å². The summed E-state index contributed by atoms with van der Waals surface area (Å²) in [4.78, 5) is 12.5. The Balaban J connectivity index is 2.51. The average molecular weight is 328 g/mol. The van der Waals surface area contributed by atoms with Crippen LogP contribution in [0.4, 0.5) is 0 Å². The van der Waals surface area contributed by atoms with Crippen molar-refractivity contribution in [2.75, 3.05) is 0 Å². The molecule has 0 fully saturated rings. The van der Waals surface area contributed by atoms with E-state index in [2.05, 4.69) is 21.0 Å². The van der Waals surface area contributed by atoms with Crippen LogP contribution in [-0.2, 0) is 6.54 Å². The fraction of sp³-hybridized carbons (Fsp3) is 0.231. The summed E-state index contributed by atoms with van der Waals surface area (Å²) in [5.41, 5.74) is 2.08. The zero-order chi connectivity index (χ0) is 13.3. The third-order valence-corrected chi connectivity index (χ3v) is 3.56. The van der Waals surface area contributed by atoms with Crippen molar-refractivity contribution in [3.05, 3.63) is 50.7 Å². The second-order valence-electron chi connectivity index (χ2n) is 3.95. The third kappa shape index (κ3) is 2.35. The fourth-order valence-electron chi connectivity index (χ4n) is 1.84. The number of carbonyl (C=O) groups excluding carboxylic acids is 1. The summed E-state index contributed by atoms with van der Waals surface area (Å²) in [7, 11) is 0. The van der Waals surface area contributed by atoms with Gasteiger partial charge in [0.25, 0.3) is 0 Å². The lowest BCUT2D eigenvalue weighted by Crippen LogP contribution is -2.12. The van der Waals surface area contributed by atoms with Gasteiger partial charge in [0.2, 0.25) is 5.78 Å². The maximum atomic E-state index is 12.5. The molecule has 0 atom stereocenters. The van der Waals surface area contributed by atoms with Crippen LogP contribution < -0.4 is 0 Å². The average Bonchev–Trinajstić information content (AvgIpc) is 2.69. The van der Waals surface area contributed by atoms with Crippen LogP contribution in [0.3, 0.4) is 0 Å². The predicted molar refractivity (Wildman–Crippen MR) is 75.2 cm³/mol. The summed E-state index contributed by atoms with van der Waals surface area (Å²) in [6.45, 7) is 4.48. The Hall–Kier alpha value is -1.13. The number of rotatable bonds is 3. The molecule has 0 saturated carbocycles. The number of carbonyl (C=O) groups is 1. The molecule has 0 aliphatic carbocycles. The molecule has 1 heterocycles. The van der Waals surface area contributed by atoms with Crippen LogP contribution in [0.15, 0.2) is 28.9 Å². The highest BCUT2D eigenvalue weighted by atomic mass is 79.9. The molecular formula is C13H12BrClN2O. The van der Waals surface area contributed by atoms with Gasteiger partial charge in [0, 0.05) is 17.1 Å². The Bertz CT molecular complexity index is 607. The minimum absolute atomic E-state index is 0.0459. The predicted octanol–water partition coefficient (Wildman–Crippen LogP) is 3.86. The molecule has 0 amide bonds. The van der Waals surface area contributed by atoms with Gasteiger partial charge in [0.15, 0.2) is 0 Å². The number of ketones is 1. The molecule has 0 unspecified atom stereocenters. The van der Waals surface area contributed by atoms with Crippen LogP contribution in [0.5, 0.6) is 0 Å². The van der Waals surface area contributed by atoms with Crippen LogP contribution in [0.2, 0.25) is 5.02 Å². The lowest BCUT2D eigenvalue weighted by Gasteiger charge is -2.07. The SMILES string of the molecule is CCn1ncc(Br)c1C(=O)c1ccc(Cl)cc1C. The number of aromatic nitrogens is 2. The summed E-state index contributed by atoms with van der Waals surface area (Å²) in [6, 6.07) is 5.26. The van der Waals surface area contributed by atoms with Gasteiger partial charge in [0.1, 0.15) is 5.69 Å². The summed E-state index contributed by atoms with van der Waals surface area (Å²) in [6.07, 6.45) is 1.64. The first-order chi connectivity index (χ1) is 8.54. The molecule has 2 aromatic rings. The van der Waals surface area contributed by atoms with E-state index in [9.17, 15) is 4.79 Å². The van der Waals surface area contributed by atoms with Crippen LogP contribution in [0.1, 0.15) is 28.5 Å². The zero-order valence-electron chi connectivity index (χ0n) is 10.1. The maximum absolute atomic E-state index is 12.5. The Kier molecular flexibility index (Phi) is 3.88. The highest BCUT2D eigenvalue weighted by Gasteiger charge is 2.19. The number of hydrogen-bond acceptors (Lipinski definition) is 2. The quantitative estimate of drug-likeness (QED) is 0.802. The van der Waals surface area contributed by atoms with Gasteiger partial charge in [0.05, 0.1) is 10.7 Å². The van der Waals surface area contributed by atoms with Crippen LogP contribution in [0.25, 0.3) is 0 Å². The van der Waals surface area contributed by atoms with Gasteiger partial charge in [-0.1, -0.05) is 11.6 Å². The lowest BCUT2D eigenvalue weighted by atomic mass is 10.0. The molecule has 0 bridgehead atoms. The molecule has 1 aromatic heterocycles. The minimum Gasteiger partial charge on any atom is -0.287 e. The van der Waals surface area contributed by atoms with E-state index >= 15 is 0 Å². The number of aryl methyl sites for hydroxylation is 2. The van der Waals surface area contributed by atoms with Crippen molar-refractivity contribution in [1.29, 1.82) is 0 Å². The van der Waals surface area contributed by atoms with E-state index in [0.29, 0.717) is 27.3 Å². The first-order valence-corrected chi connectivity index (χ1v) is 6.73. The fourth-order valence-corrected chi connectivity index (χ4v) is 2.54. The Morgan fingerprint density at radius 2 is 2.22 bits per heavy atom. The Morgan fingerprint density at radius 1 is 1.50 bits per heavy atom. The van der Waals surface area contributed by atoms with Crippen LogP contribution >= 0.6 is 27.5 Å². The van der Waals surface area contributed by atoms with Crippen molar-refractivity contribution in [2.45, 2.75) is 20.4 Å². The molecule has 2 rings (SSSR count). The monoisotopic (exact) mass is 326 g/mol. The summed E-state index contributed by atoms with van der Waals surface area (Å²) < 4.78 is 2.39. The van der Waals surface area contributed by atoms with E-state index in [1.807, 2.05) is 13.8 Å². The smallest absolute Gasteiger partial charge is 0.212 e. The highest BCUT2D eigenvalue weighted by molar-refractivity contribution is 9.10. The Labute approximate surface area is 119 Å². The van der Waals surface area contributed by atoms with Gasteiger partial charge in [-0.05, 0) is 53.5 Å². The number of nitrogens with zero attached hydrogens (tertiary/aromatic N) is 2. The third-order valence-electron chi connectivity index (χ3n) is 2.74. The largest absolute Gasteiger partial charge is 0.287 e. The summed E-state index contributed by atoms with van der Waals surface area (Å²) >= 11 is 9.26. The molecule has 3 nitrogen and oxygen atoms in total. The molecule has 0 aliphatic heterocycles. The van der Waals surface area contributed by atoms with Crippen LogP contribution in [0, 0.1) is 6.92 Å². The zero-order valence-corrected chi connectivity index (χ0v) is 12.4. The van der Waals surface area contributed by atoms with E-state index in [-0.39, 0.29) is 5.78 Å². The highest BCUT2D eigenvalue weighted by Crippen LogP contribution is 2.23. The van der Waals surface area contributed by atoms with Gasteiger partial charge in [-0.15, -0.1) is 0 Å². The maximum Gasteiger partial charge on any atom is 0.212 e. The molecule has 0 saturated heterocycles. The van der Waals surface area contributed by atoms with E-state index in [0.717, 1.165) is 5.56 Å². The number of halogens is 2. The van der Waals surface area contributed by atoms with Crippen molar-refractivity contribution in [3.63, 3.8) is 0 Å². The van der Waals surface area contributed by atoms with Crippen LogP contribution in [-0.4, -0.2) is 15.6 Å². The first kappa shape index (κ1) is 13.3. The van der Waals surface area contributed by atoms with Crippen molar-refractivity contribution in [1.82, 2.24) is 9.78 Å². The van der Waals surface area contributed by atoms with E-state index < -0.39 is 0 Å². The number of hydrogen-bond donors (Lipinski definition) is 0. The molecule has 0 N–H and O–H groups in total. The molecule has 5 heteroatoms. The normalized spacial score (nSPS) is 10.7. The second-order valence-corrected chi connectivity index (χ2v) is 5.24. The molecule has 1 aromatic carbocycles. The van der Waals surface area contributed by atoms with Crippen molar-refractivity contribution in [3.8, 4) is 0 Å². The molecule has 18 heavy (non-hydrogen) atoms. The molecule has 0 radical (unpaired) electrons. The minimum atomic E-state index is -0.0459. The van der Waals surface area contributed by atoms with Crippen molar-refractivity contribution < 1.29 is 4.79 Å². The summed E-state index contributed by atoms with van der Waals surface area (Å²) in [5, 5.41) is 4.78. The topological polar surface area (TPSA) is 34.9 Å². The Morgan fingerprint density at radius 3 is 2.83 bits per heavy atom. The van der Waals surface area contributed by atoms with Gasteiger partial charge in [-0.3, -0.25) is 9.48 Å². The van der Waals surface area contributed by atoms with Gasteiger partial charge in [-0.25, -0.2) is 0 Å². The number of benzene rings is 1. The lowest BCUT2D eigenvalue weighted by molar-refractivity contribution is 0.102.